The summed E-state index contributed by atoms with van der Waals surface area (Å²) in [5.41, 5.74) is 0. The monoisotopic (exact) mass is 228 g/mol. The Kier molecular flexibility index (Phi) is 4.03. The molecule has 0 saturated carbocycles. The molecule has 1 unspecified atom stereocenters. The fourth-order valence-electron chi connectivity index (χ4n) is 1.29. The Bertz CT molecular complexity index is 226. The summed E-state index contributed by atoms with van der Waals surface area (Å²) >= 11 is 0. The van der Waals surface area contributed by atoms with Gasteiger partial charge in [-0.2, -0.15) is 0 Å². The van der Waals surface area contributed by atoms with E-state index in [1.807, 2.05) is 0 Å². The quantitative estimate of drug-likeness (QED) is 0.455. The first-order valence-corrected chi connectivity index (χ1v) is 5.62. The van der Waals surface area contributed by atoms with Crippen LogP contribution in [0.25, 0.3) is 0 Å². The van der Waals surface area contributed by atoms with Crippen molar-refractivity contribution in [2.24, 2.45) is 0 Å². The molecule has 0 bridgehead atoms. The molecule has 3 atom stereocenters. The summed E-state index contributed by atoms with van der Waals surface area (Å²) in [6, 6.07) is 0. The summed E-state index contributed by atoms with van der Waals surface area (Å²) in [5.74, 6) is 0. The molecule has 1 rings (SSSR count). The van der Waals surface area contributed by atoms with E-state index in [2.05, 4.69) is 4.52 Å². The van der Waals surface area contributed by atoms with Crippen LogP contribution >= 0.6 is 7.82 Å². The predicted octanol–water partition coefficient (Wildman–Crippen LogP) is -1.05. The van der Waals surface area contributed by atoms with Crippen LogP contribution in [0.4, 0.5) is 0 Å². The van der Waals surface area contributed by atoms with Crippen molar-refractivity contribution in [3.63, 3.8) is 0 Å². The van der Waals surface area contributed by atoms with Gasteiger partial charge in [-0.05, 0) is 0 Å². The summed E-state index contributed by atoms with van der Waals surface area (Å²) in [7, 11) is -4.62. The number of phosphoric acid groups is 1. The molecule has 8 heteroatoms. The zero-order chi connectivity index (χ0) is 10.8. The van der Waals surface area contributed by atoms with Gasteiger partial charge < -0.3 is 24.7 Å². The van der Waals surface area contributed by atoms with Crippen LogP contribution in [0.5, 0.6) is 0 Å². The topological polar surface area (TPSA) is 116 Å². The highest BCUT2D eigenvalue weighted by Gasteiger charge is 2.32. The highest BCUT2D eigenvalue weighted by molar-refractivity contribution is 7.46. The SMILES string of the molecule is O=P(O)(O)O[C@@H]1C[C@@H](O)CC(CO)O1. The Hall–Kier alpha value is -0.0100. The maximum absolute atomic E-state index is 10.4. The molecule has 7 nitrogen and oxygen atoms in total. The third kappa shape index (κ3) is 4.02. The summed E-state index contributed by atoms with van der Waals surface area (Å²) in [5, 5.41) is 18.0. The lowest BCUT2D eigenvalue weighted by Crippen LogP contribution is -2.38. The average Bonchev–Trinajstić information content (AvgIpc) is 1.99. The fourth-order valence-corrected chi connectivity index (χ4v) is 1.73. The molecule has 0 radical (unpaired) electrons. The van der Waals surface area contributed by atoms with Crippen molar-refractivity contribution in [3.8, 4) is 0 Å². The van der Waals surface area contributed by atoms with Gasteiger partial charge in [0.25, 0.3) is 0 Å². The molecule has 1 aliphatic rings. The standard InChI is InChI=1S/C6H13O7P/c7-3-5-1-4(8)2-6(12-5)13-14(9,10)11/h4-8H,1-3H2,(H2,9,10,11)/t4-,5?,6+/m0/s1. The average molecular weight is 228 g/mol. The molecular formula is C6H13O7P. The van der Waals surface area contributed by atoms with Gasteiger partial charge in [0.05, 0.1) is 18.8 Å². The van der Waals surface area contributed by atoms with E-state index in [4.69, 9.17) is 19.6 Å². The first kappa shape index (κ1) is 12.1. The third-order valence-corrected chi connectivity index (χ3v) is 2.31. The maximum Gasteiger partial charge on any atom is 0.471 e. The van der Waals surface area contributed by atoms with Crippen LogP contribution in [0.15, 0.2) is 0 Å². The van der Waals surface area contributed by atoms with Crippen molar-refractivity contribution >= 4 is 7.82 Å². The molecule has 0 aliphatic carbocycles. The molecule has 1 fully saturated rings. The van der Waals surface area contributed by atoms with Crippen molar-refractivity contribution < 1.29 is 33.8 Å². The van der Waals surface area contributed by atoms with Crippen LogP contribution in [-0.4, -0.2) is 45.1 Å². The zero-order valence-electron chi connectivity index (χ0n) is 7.31. The van der Waals surface area contributed by atoms with Gasteiger partial charge in [-0.25, -0.2) is 4.57 Å². The number of aliphatic hydroxyl groups is 2. The van der Waals surface area contributed by atoms with E-state index in [-0.39, 0.29) is 19.4 Å². The largest absolute Gasteiger partial charge is 0.471 e. The lowest BCUT2D eigenvalue weighted by Gasteiger charge is -2.31. The molecule has 0 spiro atoms. The highest BCUT2D eigenvalue weighted by Crippen LogP contribution is 2.40. The summed E-state index contributed by atoms with van der Waals surface area (Å²) in [6.45, 7) is -0.321. The molecule has 4 N–H and O–H groups in total. The summed E-state index contributed by atoms with van der Waals surface area (Å²) in [4.78, 5) is 17.0. The predicted molar refractivity (Wildman–Crippen MR) is 44.1 cm³/mol. The van der Waals surface area contributed by atoms with E-state index < -0.39 is 26.3 Å². The number of ether oxygens (including phenoxy) is 1. The molecule has 1 aliphatic heterocycles. The van der Waals surface area contributed by atoms with E-state index in [1.165, 1.54) is 0 Å². The van der Waals surface area contributed by atoms with E-state index >= 15 is 0 Å². The second-order valence-corrected chi connectivity index (χ2v) is 4.28. The minimum Gasteiger partial charge on any atom is -0.394 e. The van der Waals surface area contributed by atoms with Crippen LogP contribution < -0.4 is 0 Å². The van der Waals surface area contributed by atoms with Gasteiger partial charge in [0.2, 0.25) is 0 Å². The van der Waals surface area contributed by atoms with E-state index in [9.17, 15) is 9.67 Å². The number of hydrogen-bond donors (Lipinski definition) is 4. The fraction of sp³-hybridized carbons (Fsp3) is 1.00. The van der Waals surface area contributed by atoms with Crippen LogP contribution in [-0.2, 0) is 13.8 Å². The van der Waals surface area contributed by atoms with Gasteiger partial charge in [0.15, 0.2) is 6.29 Å². The van der Waals surface area contributed by atoms with Crippen LogP contribution in [0.3, 0.4) is 0 Å². The molecule has 1 heterocycles. The second kappa shape index (κ2) is 4.67. The molecule has 84 valence electrons. The number of hydrogen-bond acceptors (Lipinski definition) is 5. The van der Waals surface area contributed by atoms with Crippen molar-refractivity contribution in [2.75, 3.05) is 6.61 Å². The van der Waals surface area contributed by atoms with Gasteiger partial charge in [-0.1, -0.05) is 0 Å². The summed E-state index contributed by atoms with van der Waals surface area (Å²) in [6.07, 6.45) is -2.37. The maximum atomic E-state index is 10.4. The third-order valence-electron chi connectivity index (χ3n) is 1.80. The molecule has 14 heavy (non-hydrogen) atoms. The molecule has 1 saturated heterocycles. The van der Waals surface area contributed by atoms with Gasteiger partial charge in [0.1, 0.15) is 0 Å². The van der Waals surface area contributed by atoms with Crippen molar-refractivity contribution in [2.45, 2.75) is 31.3 Å². The first-order chi connectivity index (χ1) is 6.40. The minimum atomic E-state index is -4.62. The first-order valence-electron chi connectivity index (χ1n) is 4.09. The number of rotatable bonds is 3. The lowest BCUT2D eigenvalue weighted by atomic mass is 10.1. The van der Waals surface area contributed by atoms with Crippen molar-refractivity contribution in [1.29, 1.82) is 0 Å². The van der Waals surface area contributed by atoms with E-state index in [1.54, 1.807) is 0 Å². The second-order valence-electron chi connectivity index (χ2n) is 3.09. The molecule has 0 amide bonds. The number of phosphoric ester groups is 1. The van der Waals surface area contributed by atoms with Gasteiger partial charge in [0, 0.05) is 12.8 Å². The Labute approximate surface area is 80.5 Å². The Morgan fingerprint density at radius 1 is 1.43 bits per heavy atom. The molecule has 0 aromatic carbocycles. The highest BCUT2D eigenvalue weighted by atomic mass is 31.2. The molecule has 0 aromatic heterocycles. The van der Waals surface area contributed by atoms with Crippen LogP contribution in [0.1, 0.15) is 12.8 Å². The van der Waals surface area contributed by atoms with Crippen molar-refractivity contribution in [1.82, 2.24) is 0 Å². The Morgan fingerprint density at radius 2 is 2.07 bits per heavy atom. The molecular weight excluding hydrogens is 215 g/mol. The van der Waals surface area contributed by atoms with Gasteiger partial charge in [-0.3, -0.25) is 4.52 Å². The van der Waals surface area contributed by atoms with Crippen LogP contribution in [0, 0.1) is 0 Å². The zero-order valence-corrected chi connectivity index (χ0v) is 8.21. The lowest BCUT2D eigenvalue weighted by molar-refractivity contribution is -0.190. The Morgan fingerprint density at radius 3 is 2.57 bits per heavy atom. The van der Waals surface area contributed by atoms with Gasteiger partial charge >= 0.3 is 7.82 Å². The van der Waals surface area contributed by atoms with E-state index in [0.29, 0.717) is 0 Å². The van der Waals surface area contributed by atoms with Crippen molar-refractivity contribution in [3.05, 3.63) is 0 Å². The normalized spacial score (nSPS) is 34.4. The summed E-state index contributed by atoms with van der Waals surface area (Å²) < 4.78 is 19.7. The van der Waals surface area contributed by atoms with Crippen LogP contribution in [0.2, 0.25) is 0 Å². The van der Waals surface area contributed by atoms with E-state index in [0.717, 1.165) is 0 Å². The minimum absolute atomic E-state index is 0.0123. The Balaban J connectivity index is 2.49. The van der Waals surface area contributed by atoms with Gasteiger partial charge in [-0.15, -0.1) is 0 Å². The smallest absolute Gasteiger partial charge is 0.394 e. The molecule has 0 aromatic rings. The number of aliphatic hydroxyl groups excluding tert-OH is 2.